The Bertz CT molecular complexity index is 959. The van der Waals surface area contributed by atoms with Gasteiger partial charge in [-0.3, -0.25) is 14.8 Å². The molecular weight excluding hydrogens is 350 g/mol. The predicted molar refractivity (Wildman–Crippen MR) is 102 cm³/mol. The lowest BCUT2D eigenvalue weighted by molar-refractivity contribution is 0.184. The van der Waals surface area contributed by atoms with Crippen molar-refractivity contribution in [1.82, 2.24) is 4.73 Å². The van der Waals surface area contributed by atoms with Gasteiger partial charge in [-0.15, -0.1) is 0 Å². The smallest absolute Gasteiger partial charge is 0.198 e. The molecule has 1 heterocycles. The quantitative estimate of drug-likeness (QED) is 0.441. The molecule has 3 rings (SSSR count). The molecule has 0 spiro atoms. The Morgan fingerprint density at radius 3 is 2.11 bits per heavy atom. The number of allylic oxidation sites excluding steroid dienone is 2. The highest BCUT2D eigenvalue weighted by Gasteiger charge is 2.28. The second-order valence-electron chi connectivity index (χ2n) is 6.10. The van der Waals surface area contributed by atoms with Crippen LogP contribution in [0.4, 0.5) is 0 Å². The molecular formula is C19H21N3O5. The van der Waals surface area contributed by atoms with E-state index >= 15 is 0 Å². The van der Waals surface area contributed by atoms with Crippen LogP contribution in [-0.2, 0) is 0 Å². The topological polar surface area (TPSA) is 128 Å². The molecule has 0 unspecified atom stereocenters. The summed E-state index contributed by atoms with van der Waals surface area (Å²) in [5.74, 6) is -0.109. The number of rotatable bonds is 6. The molecule has 3 aliphatic rings. The molecule has 1 aliphatic heterocycles. The largest absolute Gasteiger partial charge is 0.507 e. The number of pyridine rings is 1. The molecule has 142 valence electrons. The van der Waals surface area contributed by atoms with Crippen LogP contribution in [0.1, 0.15) is 24.0 Å². The predicted octanol–water partition coefficient (Wildman–Crippen LogP) is 0.809. The van der Waals surface area contributed by atoms with E-state index in [1.54, 1.807) is 12.2 Å². The Labute approximate surface area is 155 Å². The van der Waals surface area contributed by atoms with Crippen molar-refractivity contribution in [2.24, 2.45) is 9.98 Å². The number of phenolic OH excluding ortho intramolecular Hbond substituents is 1. The lowest BCUT2D eigenvalue weighted by Gasteiger charge is -2.20. The number of hydrogen-bond acceptors (Lipinski definition) is 7. The summed E-state index contributed by atoms with van der Waals surface area (Å²) in [6.45, 7) is 0.663. The zero-order chi connectivity index (χ0) is 19.4. The van der Waals surface area contributed by atoms with Gasteiger partial charge < -0.3 is 20.5 Å². The van der Waals surface area contributed by atoms with Gasteiger partial charge in [-0.2, -0.15) is 0 Å². The number of phenols is 1. The third-order valence-corrected chi connectivity index (χ3v) is 4.27. The van der Waals surface area contributed by atoms with Crippen molar-refractivity contribution < 1.29 is 20.5 Å². The van der Waals surface area contributed by atoms with Gasteiger partial charge in [0.1, 0.15) is 5.75 Å². The Kier molecular flexibility index (Phi) is 5.68. The van der Waals surface area contributed by atoms with E-state index in [4.69, 9.17) is 10.2 Å². The standard InChI is InChI=1S/C19H21N3O5/c23-9-1-6-20-14-3-4-15(21-7-2-10-24)17-16(14)18(25)12-5-8-22(27)11-13(12)19(17)26/h3-5,8,11,23-25,27H,1-2,6-7,9-10H2. The van der Waals surface area contributed by atoms with Gasteiger partial charge >= 0.3 is 0 Å². The molecule has 8 nitrogen and oxygen atoms in total. The summed E-state index contributed by atoms with van der Waals surface area (Å²) >= 11 is 0. The minimum atomic E-state index is -0.372. The third-order valence-electron chi connectivity index (χ3n) is 4.27. The summed E-state index contributed by atoms with van der Waals surface area (Å²) < 4.78 is 0.757. The highest BCUT2D eigenvalue weighted by atomic mass is 16.5. The molecule has 0 atom stereocenters. The van der Waals surface area contributed by atoms with Gasteiger partial charge in [0.15, 0.2) is 5.43 Å². The Hall–Kier alpha value is -2.97. The van der Waals surface area contributed by atoms with Gasteiger partial charge in [0, 0.05) is 38.1 Å². The molecule has 0 aromatic rings. The van der Waals surface area contributed by atoms with E-state index in [-0.39, 0.29) is 35.5 Å². The molecule has 0 saturated carbocycles. The first-order valence-corrected chi connectivity index (χ1v) is 8.68. The Balaban J connectivity index is 2.26. The number of hydrogen-bond donors (Lipinski definition) is 4. The van der Waals surface area contributed by atoms with Crippen molar-refractivity contribution in [3.05, 3.63) is 52.0 Å². The minimum absolute atomic E-state index is 0.00573. The fraction of sp³-hybridized carbons (Fsp3) is 0.316. The van der Waals surface area contributed by atoms with Crippen LogP contribution in [0.5, 0.6) is 5.75 Å². The molecule has 0 fully saturated rings. The number of aromatic hydroxyl groups is 1. The number of benzene rings is 1. The average molecular weight is 371 g/mol. The lowest BCUT2D eigenvalue weighted by Crippen LogP contribution is -2.26. The number of nitrogens with zero attached hydrogens (tertiary/aromatic N) is 3. The van der Waals surface area contributed by atoms with E-state index < -0.39 is 0 Å². The van der Waals surface area contributed by atoms with Crippen LogP contribution in [0.3, 0.4) is 0 Å². The van der Waals surface area contributed by atoms with E-state index in [0.717, 1.165) is 4.73 Å². The van der Waals surface area contributed by atoms with Crippen LogP contribution in [-0.4, -0.2) is 63.0 Å². The van der Waals surface area contributed by atoms with Gasteiger partial charge in [-0.1, -0.05) is 0 Å². The average Bonchev–Trinajstić information content (AvgIpc) is 2.67. The molecule has 2 aliphatic carbocycles. The van der Waals surface area contributed by atoms with E-state index in [9.17, 15) is 15.1 Å². The molecule has 0 saturated heterocycles. The first-order valence-electron chi connectivity index (χ1n) is 8.68. The molecule has 0 aromatic carbocycles. The fourth-order valence-corrected chi connectivity index (χ4v) is 3.00. The molecule has 0 amide bonds. The molecule has 27 heavy (non-hydrogen) atoms. The molecule has 0 radical (unpaired) electrons. The van der Waals surface area contributed by atoms with E-state index in [1.165, 1.54) is 18.5 Å². The molecule has 0 aromatic heterocycles. The SMILES string of the molecule is O=c1c2cn(O)ccc-2c(O)c2c1C(=NCCCO)C=CC2=NCCCO. The van der Waals surface area contributed by atoms with E-state index in [2.05, 4.69) is 9.98 Å². The van der Waals surface area contributed by atoms with Crippen LogP contribution in [0, 0.1) is 0 Å². The van der Waals surface area contributed by atoms with Crippen molar-refractivity contribution in [2.45, 2.75) is 12.8 Å². The van der Waals surface area contributed by atoms with Crippen LogP contribution in [0.2, 0.25) is 0 Å². The Morgan fingerprint density at radius 1 is 0.926 bits per heavy atom. The number of aliphatic hydroxyl groups is 2. The van der Waals surface area contributed by atoms with Crippen LogP contribution < -0.4 is 5.43 Å². The van der Waals surface area contributed by atoms with E-state index in [0.29, 0.717) is 48.5 Å². The van der Waals surface area contributed by atoms with Gasteiger partial charge in [0.2, 0.25) is 0 Å². The van der Waals surface area contributed by atoms with Crippen molar-refractivity contribution in [1.29, 1.82) is 0 Å². The number of aromatic nitrogens is 1. The maximum Gasteiger partial charge on any atom is 0.198 e. The van der Waals surface area contributed by atoms with Gasteiger partial charge in [-0.05, 0) is 31.1 Å². The normalized spacial score (nSPS) is 16.4. The second kappa shape index (κ2) is 8.15. The maximum atomic E-state index is 13.1. The zero-order valence-electron chi connectivity index (χ0n) is 14.7. The van der Waals surface area contributed by atoms with Gasteiger partial charge in [-0.25, -0.2) is 4.73 Å². The highest BCUT2D eigenvalue weighted by Crippen LogP contribution is 2.35. The summed E-state index contributed by atoms with van der Waals surface area (Å²) in [5, 5.41) is 38.4. The number of fused-ring (bicyclic) bond motifs is 2. The first-order chi connectivity index (χ1) is 13.1. The summed E-state index contributed by atoms with van der Waals surface area (Å²) in [6.07, 6.45) is 6.81. The lowest BCUT2D eigenvalue weighted by atomic mass is 9.86. The number of aliphatic imine (C=N–C) groups is 2. The summed E-state index contributed by atoms with van der Waals surface area (Å²) in [5.41, 5.74) is 1.45. The van der Waals surface area contributed by atoms with Crippen molar-refractivity contribution >= 4 is 11.4 Å². The fourth-order valence-electron chi connectivity index (χ4n) is 3.00. The third kappa shape index (κ3) is 3.62. The molecule has 4 N–H and O–H groups in total. The maximum absolute atomic E-state index is 13.1. The van der Waals surface area contributed by atoms with Crippen molar-refractivity contribution in [3.8, 4) is 16.9 Å². The van der Waals surface area contributed by atoms with Crippen LogP contribution in [0.25, 0.3) is 11.1 Å². The molecule has 8 heteroatoms. The summed E-state index contributed by atoms with van der Waals surface area (Å²) in [4.78, 5) is 21.9. The highest BCUT2D eigenvalue weighted by molar-refractivity contribution is 6.27. The van der Waals surface area contributed by atoms with Crippen molar-refractivity contribution in [3.63, 3.8) is 0 Å². The Morgan fingerprint density at radius 2 is 1.52 bits per heavy atom. The monoisotopic (exact) mass is 371 g/mol. The van der Waals surface area contributed by atoms with Crippen molar-refractivity contribution in [2.75, 3.05) is 26.3 Å². The van der Waals surface area contributed by atoms with Crippen LogP contribution in [0.15, 0.2) is 45.4 Å². The van der Waals surface area contributed by atoms with E-state index in [1.807, 2.05) is 0 Å². The van der Waals surface area contributed by atoms with Crippen LogP contribution >= 0.6 is 0 Å². The zero-order valence-corrected chi connectivity index (χ0v) is 14.7. The molecule has 0 bridgehead atoms. The van der Waals surface area contributed by atoms with Gasteiger partial charge in [0.05, 0.1) is 34.3 Å². The van der Waals surface area contributed by atoms with Gasteiger partial charge in [0.25, 0.3) is 0 Å². The number of aliphatic hydroxyl groups excluding tert-OH is 2. The minimum Gasteiger partial charge on any atom is -0.507 e. The summed E-state index contributed by atoms with van der Waals surface area (Å²) in [6, 6.07) is 1.46. The second-order valence-corrected chi connectivity index (χ2v) is 6.10. The summed E-state index contributed by atoms with van der Waals surface area (Å²) in [7, 11) is 0. The first kappa shape index (κ1) is 18.8.